The Bertz CT molecular complexity index is 483. The van der Waals surface area contributed by atoms with Crippen LogP contribution in [0.3, 0.4) is 0 Å². The Morgan fingerprint density at radius 1 is 1.21 bits per heavy atom. The van der Waals surface area contributed by atoms with Gasteiger partial charge in [0.1, 0.15) is 0 Å². The largest absolute Gasteiger partial charge is 0.377 e. The van der Waals surface area contributed by atoms with E-state index in [1.54, 1.807) is 23.5 Å². The van der Waals surface area contributed by atoms with Gasteiger partial charge in [-0.1, -0.05) is 24.8 Å². The van der Waals surface area contributed by atoms with Gasteiger partial charge in [0.25, 0.3) is 5.76 Å². The van der Waals surface area contributed by atoms with Gasteiger partial charge in [-0.15, -0.1) is 11.3 Å². The lowest BCUT2D eigenvalue weighted by atomic mass is 10.1. The fourth-order valence-electron chi connectivity index (χ4n) is 1.80. The zero-order valence-corrected chi connectivity index (χ0v) is 12.1. The van der Waals surface area contributed by atoms with Crippen molar-refractivity contribution in [2.75, 3.05) is 5.32 Å². The van der Waals surface area contributed by atoms with Crippen LogP contribution in [0.5, 0.6) is 0 Å². The number of hydrogen-bond donors (Lipinski definition) is 1. The second-order valence-electron chi connectivity index (χ2n) is 4.02. The van der Waals surface area contributed by atoms with Crippen molar-refractivity contribution in [3.63, 3.8) is 0 Å². The van der Waals surface area contributed by atoms with Crippen molar-refractivity contribution in [2.24, 2.45) is 0 Å². The first-order valence-corrected chi connectivity index (χ1v) is 7.79. The SMILES string of the molecule is CCC(Nc1ccc(SC(F)F)cc1)c1cccs1. The molecule has 0 radical (unpaired) electrons. The lowest BCUT2D eigenvalue weighted by Gasteiger charge is -2.17. The van der Waals surface area contributed by atoms with Gasteiger partial charge >= 0.3 is 0 Å². The van der Waals surface area contributed by atoms with E-state index in [2.05, 4.69) is 23.7 Å². The Hall–Kier alpha value is -1.07. The molecule has 1 unspecified atom stereocenters. The topological polar surface area (TPSA) is 12.0 Å². The number of benzene rings is 1. The van der Waals surface area contributed by atoms with Gasteiger partial charge in [0.15, 0.2) is 0 Å². The third-order valence-corrected chi connectivity index (χ3v) is 4.42. The summed E-state index contributed by atoms with van der Waals surface area (Å²) in [6.45, 7) is 2.12. The standard InChI is InChI=1S/C14H15F2NS2/c1-2-12(13-4-3-9-18-13)17-10-5-7-11(8-6-10)19-14(15)16/h3-9,12,14,17H,2H2,1H3. The van der Waals surface area contributed by atoms with Crippen molar-refractivity contribution >= 4 is 28.8 Å². The van der Waals surface area contributed by atoms with Crippen molar-refractivity contribution in [1.82, 2.24) is 0 Å². The minimum absolute atomic E-state index is 0.272. The summed E-state index contributed by atoms with van der Waals surface area (Å²) >= 11 is 2.29. The average molecular weight is 299 g/mol. The third kappa shape index (κ3) is 4.21. The minimum atomic E-state index is -2.37. The van der Waals surface area contributed by atoms with Gasteiger partial charge in [-0.05, 0) is 42.1 Å². The maximum atomic E-state index is 12.2. The van der Waals surface area contributed by atoms with Crippen LogP contribution in [0.2, 0.25) is 0 Å². The number of nitrogens with one attached hydrogen (secondary N) is 1. The fourth-order valence-corrected chi connectivity index (χ4v) is 3.16. The summed E-state index contributed by atoms with van der Waals surface area (Å²) in [7, 11) is 0. The van der Waals surface area contributed by atoms with Crippen LogP contribution >= 0.6 is 23.1 Å². The zero-order chi connectivity index (χ0) is 13.7. The quantitative estimate of drug-likeness (QED) is 0.694. The Balaban J connectivity index is 2.02. The molecular weight excluding hydrogens is 284 g/mol. The van der Waals surface area contributed by atoms with Crippen LogP contribution in [0.4, 0.5) is 14.5 Å². The zero-order valence-electron chi connectivity index (χ0n) is 10.5. The van der Waals surface area contributed by atoms with Crippen LogP contribution in [-0.2, 0) is 0 Å². The molecule has 0 aliphatic heterocycles. The van der Waals surface area contributed by atoms with Crippen LogP contribution in [0.15, 0.2) is 46.7 Å². The van der Waals surface area contributed by atoms with E-state index >= 15 is 0 Å². The highest BCUT2D eigenvalue weighted by Crippen LogP contribution is 2.29. The summed E-state index contributed by atoms with van der Waals surface area (Å²) in [6, 6.07) is 11.6. The summed E-state index contributed by atoms with van der Waals surface area (Å²) in [4.78, 5) is 1.87. The normalized spacial score (nSPS) is 12.6. The molecule has 1 N–H and O–H groups in total. The number of rotatable bonds is 6. The van der Waals surface area contributed by atoms with Crippen molar-refractivity contribution in [1.29, 1.82) is 0 Å². The van der Waals surface area contributed by atoms with E-state index < -0.39 is 5.76 Å². The van der Waals surface area contributed by atoms with Crippen molar-refractivity contribution in [3.05, 3.63) is 46.7 Å². The first kappa shape index (κ1) is 14.3. The predicted molar refractivity (Wildman–Crippen MR) is 79.3 cm³/mol. The summed E-state index contributed by atoms with van der Waals surface area (Å²) in [5.74, 6) is -2.37. The molecule has 0 aliphatic carbocycles. The van der Waals surface area contributed by atoms with E-state index in [1.165, 1.54) is 4.88 Å². The molecule has 0 spiro atoms. The molecule has 1 nitrogen and oxygen atoms in total. The molecule has 0 fully saturated rings. The van der Waals surface area contributed by atoms with Crippen molar-refractivity contribution in [3.8, 4) is 0 Å². The van der Waals surface area contributed by atoms with Crippen LogP contribution in [0.25, 0.3) is 0 Å². The molecule has 19 heavy (non-hydrogen) atoms. The lowest BCUT2D eigenvalue weighted by molar-refractivity contribution is 0.252. The van der Waals surface area contributed by atoms with Gasteiger partial charge in [-0.25, -0.2) is 0 Å². The van der Waals surface area contributed by atoms with E-state index in [9.17, 15) is 8.78 Å². The fraction of sp³-hybridized carbons (Fsp3) is 0.286. The van der Waals surface area contributed by atoms with Gasteiger partial charge in [0, 0.05) is 15.5 Å². The first-order valence-electron chi connectivity index (χ1n) is 6.04. The summed E-state index contributed by atoms with van der Waals surface area (Å²) in [6.07, 6.45) is 0.980. The Labute approximate surface area is 120 Å². The highest BCUT2D eigenvalue weighted by molar-refractivity contribution is 7.99. The molecule has 102 valence electrons. The second-order valence-corrected chi connectivity index (χ2v) is 6.07. The third-order valence-electron chi connectivity index (χ3n) is 2.72. The van der Waals surface area contributed by atoms with E-state index in [-0.39, 0.29) is 6.04 Å². The van der Waals surface area contributed by atoms with E-state index in [1.807, 2.05) is 18.2 Å². The maximum absolute atomic E-state index is 12.2. The average Bonchev–Trinajstić information content (AvgIpc) is 2.91. The molecule has 0 bridgehead atoms. The molecule has 0 amide bonds. The van der Waals surface area contributed by atoms with E-state index in [0.717, 1.165) is 12.1 Å². The van der Waals surface area contributed by atoms with Crippen LogP contribution in [0.1, 0.15) is 24.3 Å². The van der Waals surface area contributed by atoms with Crippen LogP contribution in [0, 0.1) is 0 Å². The Morgan fingerprint density at radius 3 is 2.47 bits per heavy atom. The summed E-state index contributed by atoms with van der Waals surface area (Å²) < 4.78 is 24.4. The van der Waals surface area contributed by atoms with Crippen molar-refractivity contribution in [2.45, 2.75) is 30.0 Å². The molecule has 1 aromatic heterocycles. The van der Waals surface area contributed by atoms with E-state index in [0.29, 0.717) is 16.7 Å². The number of halogens is 2. The second kappa shape index (κ2) is 6.91. The van der Waals surface area contributed by atoms with Gasteiger partial charge < -0.3 is 5.32 Å². The van der Waals surface area contributed by atoms with Gasteiger partial charge in [0.05, 0.1) is 6.04 Å². The molecule has 0 saturated heterocycles. The van der Waals surface area contributed by atoms with Crippen LogP contribution < -0.4 is 5.32 Å². The monoisotopic (exact) mass is 299 g/mol. The van der Waals surface area contributed by atoms with Gasteiger partial charge in [0.2, 0.25) is 0 Å². The van der Waals surface area contributed by atoms with Crippen LogP contribution in [-0.4, -0.2) is 5.76 Å². The maximum Gasteiger partial charge on any atom is 0.288 e. The van der Waals surface area contributed by atoms with Crippen molar-refractivity contribution < 1.29 is 8.78 Å². The summed E-state index contributed by atoms with van der Waals surface area (Å²) in [5.41, 5.74) is 0.957. The molecule has 1 atom stereocenters. The Kier molecular flexibility index (Phi) is 5.22. The predicted octanol–water partition coefficient (Wildman–Crippen LogP) is 5.63. The highest BCUT2D eigenvalue weighted by atomic mass is 32.2. The number of anilines is 1. The molecule has 1 aromatic carbocycles. The molecular formula is C14H15F2NS2. The smallest absolute Gasteiger partial charge is 0.288 e. The molecule has 2 aromatic rings. The lowest BCUT2D eigenvalue weighted by Crippen LogP contribution is -2.07. The number of thioether (sulfide) groups is 1. The molecule has 2 rings (SSSR count). The molecule has 1 heterocycles. The number of alkyl halides is 2. The minimum Gasteiger partial charge on any atom is -0.377 e. The number of hydrogen-bond acceptors (Lipinski definition) is 3. The first-order chi connectivity index (χ1) is 9.19. The summed E-state index contributed by atoms with van der Waals surface area (Å²) in [5, 5.41) is 5.48. The van der Waals surface area contributed by atoms with Gasteiger partial charge in [-0.3, -0.25) is 0 Å². The molecule has 0 saturated carbocycles. The Morgan fingerprint density at radius 2 is 1.95 bits per heavy atom. The highest BCUT2D eigenvalue weighted by Gasteiger charge is 2.10. The van der Waals surface area contributed by atoms with E-state index in [4.69, 9.17) is 0 Å². The van der Waals surface area contributed by atoms with Gasteiger partial charge in [-0.2, -0.15) is 8.78 Å². The number of thiophene rings is 1. The molecule has 5 heteroatoms. The molecule has 0 aliphatic rings.